The predicted octanol–water partition coefficient (Wildman–Crippen LogP) is 1.36. The summed E-state index contributed by atoms with van der Waals surface area (Å²) < 4.78 is 0. The lowest BCUT2D eigenvalue weighted by Crippen LogP contribution is -2.25. The molecule has 0 saturated heterocycles. The summed E-state index contributed by atoms with van der Waals surface area (Å²) in [6.45, 7) is 0.586. The van der Waals surface area contributed by atoms with Crippen molar-refractivity contribution in [3.8, 4) is 0 Å². The van der Waals surface area contributed by atoms with Gasteiger partial charge in [-0.25, -0.2) is 0 Å². The molecule has 1 atom stereocenters. The lowest BCUT2D eigenvalue weighted by atomic mass is 9.98. The molecule has 0 fully saturated rings. The maximum absolute atomic E-state index is 12.0. The molecule has 2 amide bonds. The van der Waals surface area contributed by atoms with E-state index in [2.05, 4.69) is 39.8 Å². The number of carbonyl (C=O) groups is 2. The van der Waals surface area contributed by atoms with Crippen LogP contribution in [0.4, 0.5) is 0 Å². The zero-order chi connectivity index (χ0) is 15.5. The van der Waals surface area contributed by atoms with Crippen LogP contribution >= 0.6 is 0 Å². The normalized spacial score (nSPS) is 16.3. The fourth-order valence-corrected chi connectivity index (χ4v) is 2.96. The second kappa shape index (κ2) is 6.01. The third kappa shape index (κ3) is 2.86. The summed E-state index contributed by atoms with van der Waals surface area (Å²) in [5.41, 5.74) is 8.23. The first-order chi connectivity index (χ1) is 10.6. The second-order valence-electron chi connectivity index (χ2n) is 5.51. The minimum Gasteiger partial charge on any atom is -0.364 e. The lowest BCUT2D eigenvalue weighted by molar-refractivity contribution is 0.0946. The summed E-state index contributed by atoms with van der Waals surface area (Å²) in [6, 6.07) is 9.83. The monoisotopic (exact) mass is 298 g/mol. The van der Waals surface area contributed by atoms with Crippen LogP contribution in [0.5, 0.6) is 0 Å². The highest BCUT2D eigenvalue weighted by Gasteiger charge is 2.21. The van der Waals surface area contributed by atoms with E-state index in [1.54, 1.807) is 0 Å². The van der Waals surface area contributed by atoms with Crippen molar-refractivity contribution < 1.29 is 9.59 Å². The molecule has 1 unspecified atom stereocenters. The van der Waals surface area contributed by atoms with Crippen molar-refractivity contribution in [2.75, 3.05) is 6.54 Å². The van der Waals surface area contributed by atoms with Gasteiger partial charge in [0.05, 0.1) is 0 Å². The standard InChI is InChI=1S/C16H18N4O2/c17-15(21)13-9-14(20-19-13)16(22)18-8-7-11-6-5-10-3-1-2-4-12(10)11/h1-4,9,11H,5-8H2,(H2,17,21)(H,18,22)(H,19,20). The topological polar surface area (TPSA) is 101 Å². The summed E-state index contributed by atoms with van der Waals surface area (Å²) in [5.74, 6) is -0.427. The molecule has 3 rings (SSSR count). The van der Waals surface area contributed by atoms with Crippen LogP contribution in [0.2, 0.25) is 0 Å². The van der Waals surface area contributed by atoms with Gasteiger partial charge < -0.3 is 11.1 Å². The van der Waals surface area contributed by atoms with Crippen LogP contribution in [0.25, 0.3) is 0 Å². The molecule has 0 radical (unpaired) electrons. The molecule has 0 bridgehead atoms. The van der Waals surface area contributed by atoms with Crippen molar-refractivity contribution in [3.05, 3.63) is 52.8 Å². The number of primary amides is 1. The Hall–Kier alpha value is -2.63. The van der Waals surface area contributed by atoms with Crippen LogP contribution in [0.3, 0.4) is 0 Å². The van der Waals surface area contributed by atoms with Gasteiger partial charge in [0.1, 0.15) is 5.69 Å². The molecule has 4 N–H and O–H groups in total. The fourth-order valence-electron chi connectivity index (χ4n) is 2.96. The number of aryl methyl sites for hydroxylation is 1. The van der Waals surface area contributed by atoms with Crippen molar-refractivity contribution in [2.24, 2.45) is 5.73 Å². The molecule has 0 aliphatic heterocycles. The highest BCUT2D eigenvalue weighted by Crippen LogP contribution is 2.34. The van der Waals surface area contributed by atoms with Crippen molar-refractivity contribution in [3.63, 3.8) is 0 Å². The predicted molar refractivity (Wildman–Crippen MR) is 81.6 cm³/mol. The van der Waals surface area contributed by atoms with Gasteiger partial charge in [-0.05, 0) is 36.3 Å². The molecule has 6 nitrogen and oxygen atoms in total. The average Bonchev–Trinajstić information content (AvgIpc) is 3.14. The molecule has 1 aromatic carbocycles. The maximum atomic E-state index is 12.0. The Morgan fingerprint density at radius 1 is 1.36 bits per heavy atom. The van der Waals surface area contributed by atoms with E-state index < -0.39 is 5.91 Å². The Bertz CT molecular complexity index is 708. The molecule has 22 heavy (non-hydrogen) atoms. The highest BCUT2D eigenvalue weighted by atomic mass is 16.2. The molecule has 1 aliphatic rings. The molecular weight excluding hydrogens is 280 g/mol. The summed E-state index contributed by atoms with van der Waals surface area (Å²) >= 11 is 0. The Morgan fingerprint density at radius 2 is 2.18 bits per heavy atom. The number of amides is 2. The third-order valence-electron chi connectivity index (χ3n) is 4.11. The van der Waals surface area contributed by atoms with Gasteiger partial charge in [0.25, 0.3) is 11.8 Å². The molecule has 2 aromatic rings. The lowest BCUT2D eigenvalue weighted by Gasteiger charge is -2.11. The number of hydrogen-bond donors (Lipinski definition) is 3. The Morgan fingerprint density at radius 3 is 2.95 bits per heavy atom. The molecule has 0 spiro atoms. The number of benzene rings is 1. The van der Waals surface area contributed by atoms with Gasteiger partial charge in [0.15, 0.2) is 5.69 Å². The number of aromatic nitrogens is 2. The molecule has 0 saturated carbocycles. The van der Waals surface area contributed by atoms with E-state index in [0.29, 0.717) is 12.5 Å². The van der Waals surface area contributed by atoms with Gasteiger partial charge >= 0.3 is 0 Å². The first kappa shape index (κ1) is 14.3. The minimum atomic E-state index is -0.655. The van der Waals surface area contributed by atoms with E-state index in [4.69, 9.17) is 5.73 Å². The van der Waals surface area contributed by atoms with Gasteiger partial charge in [-0.1, -0.05) is 24.3 Å². The van der Waals surface area contributed by atoms with Gasteiger partial charge in [0, 0.05) is 12.6 Å². The second-order valence-corrected chi connectivity index (χ2v) is 5.51. The Labute approximate surface area is 128 Å². The summed E-state index contributed by atoms with van der Waals surface area (Å²) in [5, 5.41) is 9.06. The Balaban J connectivity index is 1.53. The van der Waals surface area contributed by atoms with Crippen molar-refractivity contribution >= 4 is 11.8 Å². The smallest absolute Gasteiger partial charge is 0.269 e. The van der Waals surface area contributed by atoms with E-state index >= 15 is 0 Å². The zero-order valence-electron chi connectivity index (χ0n) is 12.1. The summed E-state index contributed by atoms with van der Waals surface area (Å²) in [6.07, 6.45) is 3.14. The summed E-state index contributed by atoms with van der Waals surface area (Å²) in [4.78, 5) is 22.9. The SMILES string of the molecule is NC(=O)c1cc(C(=O)NCCC2CCc3ccccc32)[nH]n1. The number of nitrogens with two attached hydrogens (primary N) is 1. The summed E-state index contributed by atoms with van der Waals surface area (Å²) in [7, 11) is 0. The van der Waals surface area contributed by atoms with Crippen LogP contribution in [-0.4, -0.2) is 28.6 Å². The van der Waals surface area contributed by atoms with Crippen LogP contribution in [0.1, 0.15) is 50.9 Å². The molecule has 1 heterocycles. The average molecular weight is 298 g/mol. The quantitative estimate of drug-likeness (QED) is 0.776. The van der Waals surface area contributed by atoms with Crippen LogP contribution < -0.4 is 11.1 Å². The number of H-pyrrole nitrogens is 1. The van der Waals surface area contributed by atoms with Crippen LogP contribution in [0, 0.1) is 0 Å². The molecule has 6 heteroatoms. The number of carbonyl (C=O) groups excluding carboxylic acids is 2. The Kier molecular flexibility index (Phi) is 3.91. The van der Waals surface area contributed by atoms with Crippen molar-refractivity contribution in [1.29, 1.82) is 0 Å². The van der Waals surface area contributed by atoms with Gasteiger partial charge in [-0.2, -0.15) is 5.10 Å². The van der Waals surface area contributed by atoms with Gasteiger partial charge in [-0.15, -0.1) is 0 Å². The van der Waals surface area contributed by atoms with Gasteiger partial charge in [0.2, 0.25) is 0 Å². The van der Waals surface area contributed by atoms with Crippen molar-refractivity contribution in [1.82, 2.24) is 15.5 Å². The van der Waals surface area contributed by atoms with E-state index in [-0.39, 0.29) is 17.3 Å². The van der Waals surface area contributed by atoms with E-state index in [0.717, 1.165) is 19.3 Å². The van der Waals surface area contributed by atoms with Crippen molar-refractivity contribution in [2.45, 2.75) is 25.2 Å². The van der Waals surface area contributed by atoms with Crippen LogP contribution in [0.15, 0.2) is 30.3 Å². The highest BCUT2D eigenvalue weighted by molar-refractivity contribution is 5.96. The fraction of sp³-hybridized carbons (Fsp3) is 0.312. The first-order valence-electron chi connectivity index (χ1n) is 7.36. The van der Waals surface area contributed by atoms with E-state index in [1.165, 1.54) is 17.2 Å². The van der Waals surface area contributed by atoms with E-state index in [9.17, 15) is 9.59 Å². The zero-order valence-corrected chi connectivity index (χ0v) is 12.1. The first-order valence-corrected chi connectivity index (χ1v) is 7.36. The number of fused-ring (bicyclic) bond motifs is 1. The maximum Gasteiger partial charge on any atom is 0.269 e. The molecular formula is C16H18N4O2. The van der Waals surface area contributed by atoms with Crippen LogP contribution in [-0.2, 0) is 6.42 Å². The molecule has 114 valence electrons. The molecule has 1 aliphatic carbocycles. The number of rotatable bonds is 5. The molecule has 1 aromatic heterocycles. The third-order valence-corrected chi connectivity index (χ3v) is 4.11. The number of nitrogens with one attached hydrogen (secondary N) is 2. The number of hydrogen-bond acceptors (Lipinski definition) is 3. The van der Waals surface area contributed by atoms with E-state index in [1.807, 2.05) is 0 Å². The number of aromatic amines is 1. The largest absolute Gasteiger partial charge is 0.364 e. The minimum absolute atomic E-state index is 0.0647. The van der Waals surface area contributed by atoms with Gasteiger partial charge in [-0.3, -0.25) is 14.7 Å². The number of nitrogens with zero attached hydrogens (tertiary/aromatic N) is 1.